The van der Waals surface area contributed by atoms with Gasteiger partial charge in [0.15, 0.2) is 0 Å². The number of nitrogens with zero attached hydrogens (tertiary/aromatic N) is 1. The summed E-state index contributed by atoms with van der Waals surface area (Å²) in [5, 5.41) is 9.32. The van der Waals surface area contributed by atoms with Crippen LogP contribution in [0.5, 0.6) is 0 Å². The minimum absolute atomic E-state index is 0.108. The van der Waals surface area contributed by atoms with Crippen molar-refractivity contribution in [2.75, 3.05) is 18.0 Å². The summed E-state index contributed by atoms with van der Waals surface area (Å²) >= 11 is 5.79. The molecule has 0 bridgehead atoms. The van der Waals surface area contributed by atoms with Crippen LogP contribution in [0, 0.1) is 0 Å². The third-order valence-electron chi connectivity index (χ3n) is 2.14. The van der Waals surface area contributed by atoms with E-state index < -0.39 is 5.97 Å². The summed E-state index contributed by atoms with van der Waals surface area (Å²) < 4.78 is 0. The van der Waals surface area contributed by atoms with Crippen LogP contribution in [0.25, 0.3) is 0 Å². The Bertz CT molecular complexity index is 362. The average molecular weight is 240 g/mol. The van der Waals surface area contributed by atoms with E-state index in [0.29, 0.717) is 18.1 Å². The van der Waals surface area contributed by atoms with Gasteiger partial charge in [-0.15, -0.1) is 6.58 Å². The van der Waals surface area contributed by atoms with E-state index >= 15 is 0 Å². The third kappa shape index (κ3) is 3.95. The number of rotatable bonds is 6. The molecule has 0 radical (unpaired) electrons. The summed E-state index contributed by atoms with van der Waals surface area (Å²) in [5.74, 6) is -0.803. The molecule has 0 unspecified atom stereocenters. The maximum Gasteiger partial charge on any atom is 0.305 e. The van der Waals surface area contributed by atoms with Gasteiger partial charge in [0.25, 0.3) is 0 Å². The normalized spacial score (nSPS) is 9.81. The second kappa shape index (κ2) is 6.18. The lowest BCUT2D eigenvalue weighted by molar-refractivity contribution is -0.136. The number of carboxylic acids is 1. The summed E-state index contributed by atoms with van der Waals surface area (Å²) in [6.07, 6.45) is 1.85. The second-order valence-electron chi connectivity index (χ2n) is 3.35. The van der Waals surface area contributed by atoms with Gasteiger partial charge in [-0.05, 0) is 24.3 Å². The molecule has 0 fully saturated rings. The van der Waals surface area contributed by atoms with E-state index in [9.17, 15) is 4.79 Å². The first-order chi connectivity index (χ1) is 7.63. The van der Waals surface area contributed by atoms with Gasteiger partial charge in [0, 0.05) is 23.8 Å². The Morgan fingerprint density at radius 1 is 1.44 bits per heavy atom. The SMILES string of the molecule is C=CCN(CCC(=O)O)c1ccc(Cl)cc1. The largest absolute Gasteiger partial charge is 0.481 e. The van der Waals surface area contributed by atoms with Crippen LogP contribution in [0.3, 0.4) is 0 Å². The summed E-state index contributed by atoms with van der Waals surface area (Å²) in [6.45, 7) is 4.74. The predicted molar refractivity (Wildman–Crippen MR) is 66.1 cm³/mol. The molecule has 3 nitrogen and oxygen atoms in total. The van der Waals surface area contributed by atoms with Gasteiger partial charge < -0.3 is 10.0 Å². The van der Waals surface area contributed by atoms with E-state index in [1.54, 1.807) is 18.2 Å². The molecule has 0 aliphatic carbocycles. The van der Waals surface area contributed by atoms with Gasteiger partial charge in [0.2, 0.25) is 0 Å². The molecule has 4 heteroatoms. The second-order valence-corrected chi connectivity index (χ2v) is 3.79. The smallest absolute Gasteiger partial charge is 0.305 e. The third-order valence-corrected chi connectivity index (χ3v) is 2.39. The minimum atomic E-state index is -0.803. The number of anilines is 1. The molecule has 1 rings (SSSR count). The van der Waals surface area contributed by atoms with E-state index in [-0.39, 0.29) is 6.42 Å². The molecule has 0 aliphatic rings. The van der Waals surface area contributed by atoms with Gasteiger partial charge in [0.1, 0.15) is 0 Å². The molecule has 1 N–H and O–H groups in total. The number of benzene rings is 1. The van der Waals surface area contributed by atoms with Crippen molar-refractivity contribution in [1.29, 1.82) is 0 Å². The topological polar surface area (TPSA) is 40.5 Å². The van der Waals surface area contributed by atoms with Crippen molar-refractivity contribution in [3.8, 4) is 0 Å². The monoisotopic (exact) mass is 239 g/mol. The maximum atomic E-state index is 10.5. The molecule has 0 saturated heterocycles. The Kier molecular flexibility index (Phi) is 4.86. The van der Waals surface area contributed by atoms with Gasteiger partial charge >= 0.3 is 5.97 Å². The molecule has 86 valence electrons. The lowest BCUT2D eigenvalue weighted by atomic mass is 10.2. The van der Waals surface area contributed by atoms with Crippen molar-refractivity contribution < 1.29 is 9.90 Å². The van der Waals surface area contributed by atoms with E-state index in [1.807, 2.05) is 17.0 Å². The first-order valence-corrected chi connectivity index (χ1v) is 5.34. The lowest BCUT2D eigenvalue weighted by Crippen LogP contribution is -2.26. The van der Waals surface area contributed by atoms with Crippen LogP contribution in [0.15, 0.2) is 36.9 Å². The quantitative estimate of drug-likeness (QED) is 0.776. The van der Waals surface area contributed by atoms with Crippen LogP contribution in [-0.2, 0) is 4.79 Å². The maximum absolute atomic E-state index is 10.5. The molecule has 0 heterocycles. The zero-order chi connectivity index (χ0) is 12.0. The fourth-order valence-electron chi connectivity index (χ4n) is 1.36. The summed E-state index contributed by atoms with van der Waals surface area (Å²) in [7, 11) is 0. The Morgan fingerprint density at radius 2 is 2.06 bits per heavy atom. The first kappa shape index (κ1) is 12.6. The minimum Gasteiger partial charge on any atom is -0.481 e. The molecule has 0 amide bonds. The molecule has 16 heavy (non-hydrogen) atoms. The highest BCUT2D eigenvalue weighted by Gasteiger charge is 2.06. The fraction of sp³-hybridized carbons (Fsp3) is 0.250. The number of halogens is 1. The molecule has 1 aromatic rings. The van der Waals surface area contributed by atoms with Crippen LogP contribution in [-0.4, -0.2) is 24.2 Å². The standard InChI is InChI=1S/C12H14ClNO2/c1-2-8-14(9-7-12(15)16)11-5-3-10(13)4-6-11/h2-6H,1,7-9H2,(H,15,16). The van der Waals surface area contributed by atoms with Gasteiger partial charge in [-0.3, -0.25) is 4.79 Å². The summed E-state index contributed by atoms with van der Waals surface area (Å²) in [6, 6.07) is 7.31. The highest BCUT2D eigenvalue weighted by Crippen LogP contribution is 2.18. The van der Waals surface area contributed by atoms with E-state index in [4.69, 9.17) is 16.7 Å². The van der Waals surface area contributed by atoms with Crippen molar-refractivity contribution in [3.05, 3.63) is 41.9 Å². The van der Waals surface area contributed by atoms with Gasteiger partial charge in [-0.2, -0.15) is 0 Å². The van der Waals surface area contributed by atoms with Crippen molar-refractivity contribution in [3.63, 3.8) is 0 Å². The first-order valence-electron chi connectivity index (χ1n) is 4.96. The average Bonchev–Trinajstić information content (AvgIpc) is 2.25. The van der Waals surface area contributed by atoms with Crippen LogP contribution in [0.4, 0.5) is 5.69 Å². The molecule has 0 aliphatic heterocycles. The van der Waals surface area contributed by atoms with E-state index in [1.165, 1.54) is 0 Å². The number of carboxylic acid groups (broad SMARTS) is 1. The summed E-state index contributed by atoms with van der Waals surface area (Å²) in [4.78, 5) is 12.5. The molecule has 0 saturated carbocycles. The zero-order valence-electron chi connectivity index (χ0n) is 8.90. The molecule has 0 aromatic heterocycles. The van der Waals surface area contributed by atoms with Gasteiger partial charge in [-0.1, -0.05) is 17.7 Å². The highest BCUT2D eigenvalue weighted by atomic mass is 35.5. The number of hydrogen-bond acceptors (Lipinski definition) is 2. The van der Waals surface area contributed by atoms with Crippen LogP contribution < -0.4 is 4.90 Å². The number of aliphatic carboxylic acids is 1. The Labute approximate surface area is 100.0 Å². The Balaban J connectivity index is 2.72. The zero-order valence-corrected chi connectivity index (χ0v) is 9.65. The van der Waals surface area contributed by atoms with E-state index in [0.717, 1.165) is 5.69 Å². The van der Waals surface area contributed by atoms with Crippen LogP contribution in [0.2, 0.25) is 5.02 Å². The van der Waals surface area contributed by atoms with Crippen molar-refractivity contribution in [2.45, 2.75) is 6.42 Å². The van der Waals surface area contributed by atoms with Crippen molar-refractivity contribution >= 4 is 23.3 Å². The molecule has 0 spiro atoms. The summed E-state index contributed by atoms with van der Waals surface area (Å²) in [5.41, 5.74) is 0.950. The predicted octanol–water partition coefficient (Wildman–Crippen LogP) is 2.81. The molecule has 0 atom stereocenters. The van der Waals surface area contributed by atoms with Gasteiger partial charge in [0.05, 0.1) is 6.42 Å². The molecular weight excluding hydrogens is 226 g/mol. The van der Waals surface area contributed by atoms with Crippen LogP contribution >= 0.6 is 11.6 Å². The van der Waals surface area contributed by atoms with Crippen molar-refractivity contribution in [2.24, 2.45) is 0 Å². The molecular formula is C12H14ClNO2. The fourth-order valence-corrected chi connectivity index (χ4v) is 1.49. The van der Waals surface area contributed by atoms with Crippen LogP contribution in [0.1, 0.15) is 6.42 Å². The highest BCUT2D eigenvalue weighted by molar-refractivity contribution is 6.30. The lowest BCUT2D eigenvalue weighted by Gasteiger charge is -2.22. The Morgan fingerprint density at radius 3 is 2.56 bits per heavy atom. The number of carbonyl (C=O) groups is 1. The molecule has 1 aromatic carbocycles. The Hall–Kier alpha value is -1.48. The number of hydrogen-bond donors (Lipinski definition) is 1. The van der Waals surface area contributed by atoms with E-state index in [2.05, 4.69) is 6.58 Å². The van der Waals surface area contributed by atoms with Crippen molar-refractivity contribution in [1.82, 2.24) is 0 Å². The van der Waals surface area contributed by atoms with Gasteiger partial charge in [-0.25, -0.2) is 0 Å².